The Hall–Kier alpha value is -1.47. The Kier molecular flexibility index (Phi) is 7.64. The van der Waals surface area contributed by atoms with Crippen molar-refractivity contribution in [2.45, 2.75) is 38.1 Å². The second-order valence-corrected chi connectivity index (χ2v) is 5.25. The Morgan fingerprint density at radius 1 is 1.35 bits per heavy atom. The van der Waals surface area contributed by atoms with Crippen molar-refractivity contribution in [3.63, 3.8) is 0 Å². The van der Waals surface area contributed by atoms with E-state index in [1.807, 2.05) is 0 Å². The lowest BCUT2D eigenvalue weighted by Gasteiger charge is -2.14. The fourth-order valence-electron chi connectivity index (χ4n) is 2.50. The van der Waals surface area contributed by atoms with Crippen LogP contribution in [-0.4, -0.2) is 31.4 Å². The number of para-hydroxylation sites is 1. The fraction of sp³-hybridized carbons (Fsp3) is 0.533. The number of carbonyl (C=O) groups excluding carboxylic acids is 1. The van der Waals surface area contributed by atoms with Gasteiger partial charge in [0.1, 0.15) is 5.75 Å². The van der Waals surface area contributed by atoms with Gasteiger partial charge in [0.15, 0.2) is 0 Å². The Morgan fingerprint density at radius 2 is 2.09 bits per heavy atom. The number of benzene rings is 1. The molecule has 0 saturated carbocycles. The lowest BCUT2D eigenvalue weighted by atomic mass is 10.1. The first-order valence-corrected chi connectivity index (χ1v) is 7.28. The van der Waals surface area contributed by atoms with Gasteiger partial charge in [0, 0.05) is 19.0 Å². The molecule has 1 atom stereocenters. The van der Waals surface area contributed by atoms with Crippen molar-refractivity contribution in [3.05, 3.63) is 29.8 Å². The molecule has 2 rings (SSSR count). The molecule has 1 fully saturated rings. The largest absolute Gasteiger partial charge is 0.573 e. The summed E-state index contributed by atoms with van der Waals surface area (Å²) in [5.74, 6) is -0.310. The molecule has 1 heterocycles. The quantitative estimate of drug-likeness (QED) is 0.827. The third kappa shape index (κ3) is 7.09. The number of nitrogens with one attached hydrogen (secondary N) is 2. The van der Waals surface area contributed by atoms with Crippen LogP contribution in [0.4, 0.5) is 13.2 Å². The van der Waals surface area contributed by atoms with Crippen molar-refractivity contribution in [3.8, 4) is 5.75 Å². The summed E-state index contributed by atoms with van der Waals surface area (Å²) < 4.78 is 40.9. The minimum Gasteiger partial charge on any atom is -0.406 e. The highest BCUT2D eigenvalue weighted by atomic mass is 35.5. The highest BCUT2D eigenvalue weighted by molar-refractivity contribution is 5.85. The fourth-order valence-corrected chi connectivity index (χ4v) is 2.50. The maximum Gasteiger partial charge on any atom is 0.573 e. The summed E-state index contributed by atoms with van der Waals surface area (Å²) in [4.78, 5) is 11.7. The van der Waals surface area contributed by atoms with Gasteiger partial charge in [-0.15, -0.1) is 25.6 Å². The molecule has 0 aromatic heterocycles. The Labute approximate surface area is 139 Å². The monoisotopic (exact) mass is 352 g/mol. The van der Waals surface area contributed by atoms with Gasteiger partial charge >= 0.3 is 6.36 Å². The molecule has 0 radical (unpaired) electrons. The lowest BCUT2D eigenvalue weighted by molar-refractivity contribution is -0.274. The van der Waals surface area contributed by atoms with E-state index in [0.717, 1.165) is 19.4 Å². The first-order chi connectivity index (χ1) is 10.4. The van der Waals surface area contributed by atoms with E-state index in [1.54, 1.807) is 12.1 Å². The first-order valence-electron chi connectivity index (χ1n) is 7.28. The Balaban J connectivity index is 0.00000264. The van der Waals surface area contributed by atoms with Crippen LogP contribution in [0.3, 0.4) is 0 Å². The van der Waals surface area contributed by atoms with Gasteiger partial charge in [-0.3, -0.25) is 4.79 Å². The van der Waals surface area contributed by atoms with Crippen LogP contribution in [0.2, 0.25) is 0 Å². The van der Waals surface area contributed by atoms with E-state index in [1.165, 1.54) is 12.1 Å². The van der Waals surface area contributed by atoms with Crippen molar-refractivity contribution in [1.29, 1.82) is 0 Å². The molecule has 4 nitrogen and oxygen atoms in total. The Bertz CT molecular complexity index is 506. The van der Waals surface area contributed by atoms with E-state index in [2.05, 4.69) is 15.4 Å². The topological polar surface area (TPSA) is 50.4 Å². The van der Waals surface area contributed by atoms with E-state index in [9.17, 15) is 18.0 Å². The van der Waals surface area contributed by atoms with Crippen molar-refractivity contribution in [2.24, 2.45) is 0 Å². The molecule has 0 aliphatic carbocycles. The minimum absolute atomic E-state index is 0. The second-order valence-electron chi connectivity index (χ2n) is 5.25. The summed E-state index contributed by atoms with van der Waals surface area (Å²) in [6.45, 7) is 1.21. The van der Waals surface area contributed by atoms with Crippen LogP contribution in [0.5, 0.6) is 5.75 Å². The molecule has 1 saturated heterocycles. The normalized spacial score (nSPS) is 17.4. The predicted molar refractivity (Wildman–Crippen MR) is 82.7 cm³/mol. The van der Waals surface area contributed by atoms with Crippen LogP contribution in [0.15, 0.2) is 24.3 Å². The van der Waals surface area contributed by atoms with Gasteiger partial charge in [-0.05, 0) is 37.4 Å². The average Bonchev–Trinajstić information content (AvgIpc) is 2.92. The highest BCUT2D eigenvalue weighted by Gasteiger charge is 2.31. The molecule has 1 aliphatic rings. The average molecular weight is 353 g/mol. The number of amides is 1. The van der Waals surface area contributed by atoms with Crippen LogP contribution < -0.4 is 15.4 Å². The maximum atomic E-state index is 12.3. The second kappa shape index (κ2) is 8.98. The first kappa shape index (κ1) is 19.6. The molecule has 0 bridgehead atoms. The van der Waals surface area contributed by atoms with E-state index >= 15 is 0 Å². The van der Waals surface area contributed by atoms with Gasteiger partial charge in [-0.25, -0.2) is 0 Å². The molecular formula is C15H20ClF3N2O2. The van der Waals surface area contributed by atoms with Gasteiger partial charge in [-0.1, -0.05) is 18.2 Å². The van der Waals surface area contributed by atoms with Crippen LogP contribution >= 0.6 is 12.4 Å². The molecular weight excluding hydrogens is 333 g/mol. The molecule has 8 heteroatoms. The summed E-state index contributed by atoms with van der Waals surface area (Å²) in [7, 11) is 0. The van der Waals surface area contributed by atoms with E-state index in [4.69, 9.17) is 0 Å². The molecule has 1 amide bonds. The summed E-state index contributed by atoms with van der Waals surface area (Å²) in [5, 5.41) is 5.96. The number of alkyl halides is 3. The van der Waals surface area contributed by atoms with Crippen molar-refractivity contribution >= 4 is 18.3 Å². The van der Waals surface area contributed by atoms with E-state index < -0.39 is 6.36 Å². The molecule has 2 N–H and O–H groups in total. The standard InChI is InChI=1S/C15H19F3N2O2.ClH/c16-15(17,18)22-13-6-2-1-4-11(13)7-9-20-14(21)10-12-5-3-8-19-12;/h1-2,4,6,12,19H,3,5,7-10H2,(H,20,21);1H. The van der Waals surface area contributed by atoms with Crippen LogP contribution in [0.1, 0.15) is 24.8 Å². The number of halogens is 4. The summed E-state index contributed by atoms with van der Waals surface area (Å²) in [6, 6.07) is 6.16. The van der Waals surface area contributed by atoms with E-state index in [-0.39, 0.29) is 43.1 Å². The van der Waals surface area contributed by atoms with Crippen molar-refractivity contribution < 1.29 is 22.7 Å². The predicted octanol–water partition coefficient (Wildman–Crippen LogP) is 2.81. The van der Waals surface area contributed by atoms with Crippen molar-refractivity contribution in [2.75, 3.05) is 13.1 Å². The molecule has 1 unspecified atom stereocenters. The van der Waals surface area contributed by atoms with Gasteiger partial charge in [-0.2, -0.15) is 0 Å². The SMILES string of the molecule is Cl.O=C(CC1CCCN1)NCCc1ccccc1OC(F)(F)F. The third-order valence-electron chi connectivity index (χ3n) is 3.51. The molecule has 1 aromatic carbocycles. The number of carbonyl (C=O) groups is 1. The smallest absolute Gasteiger partial charge is 0.406 e. The van der Waals surface area contributed by atoms with Gasteiger partial charge in [0.25, 0.3) is 0 Å². The van der Waals surface area contributed by atoms with E-state index in [0.29, 0.717) is 12.0 Å². The van der Waals surface area contributed by atoms with Crippen LogP contribution in [-0.2, 0) is 11.2 Å². The summed E-state index contributed by atoms with van der Waals surface area (Å²) >= 11 is 0. The Morgan fingerprint density at radius 3 is 2.74 bits per heavy atom. The molecule has 1 aromatic rings. The number of ether oxygens (including phenoxy) is 1. The van der Waals surface area contributed by atoms with Gasteiger partial charge < -0.3 is 15.4 Å². The lowest BCUT2D eigenvalue weighted by Crippen LogP contribution is -2.33. The van der Waals surface area contributed by atoms with Crippen molar-refractivity contribution in [1.82, 2.24) is 10.6 Å². The van der Waals surface area contributed by atoms with Gasteiger partial charge in [0.2, 0.25) is 5.91 Å². The number of hydrogen-bond donors (Lipinski definition) is 2. The molecule has 130 valence electrons. The summed E-state index contributed by atoms with van der Waals surface area (Å²) in [6.07, 6.45) is -1.97. The zero-order chi connectivity index (χ0) is 16.0. The zero-order valence-electron chi connectivity index (χ0n) is 12.5. The number of hydrogen-bond acceptors (Lipinski definition) is 3. The number of rotatable bonds is 6. The minimum atomic E-state index is -4.71. The summed E-state index contributed by atoms with van der Waals surface area (Å²) in [5.41, 5.74) is 0.416. The zero-order valence-corrected chi connectivity index (χ0v) is 13.3. The third-order valence-corrected chi connectivity index (χ3v) is 3.51. The van der Waals surface area contributed by atoms with Gasteiger partial charge in [0.05, 0.1) is 0 Å². The molecule has 23 heavy (non-hydrogen) atoms. The maximum absolute atomic E-state index is 12.3. The van der Waals surface area contributed by atoms with Crippen LogP contribution in [0.25, 0.3) is 0 Å². The molecule has 0 spiro atoms. The molecule has 1 aliphatic heterocycles. The van der Waals surface area contributed by atoms with Crippen LogP contribution in [0, 0.1) is 0 Å². The highest BCUT2D eigenvalue weighted by Crippen LogP contribution is 2.26.